The minimum atomic E-state index is -0.258. The van der Waals surface area contributed by atoms with E-state index in [2.05, 4.69) is 29.0 Å². The van der Waals surface area contributed by atoms with Gasteiger partial charge < -0.3 is 19.2 Å². The van der Waals surface area contributed by atoms with E-state index in [-0.39, 0.29) is 17.6 Å². The standard InChI is InChI=1S/C24H29N3O4/c1-17(2)27(14-19-10-11-20(29-3)12-22(19)30-4)15-23-26-21(16-31-23)24(28)25-13-18-8-6-5-7-9-18/h5-12,16-17H,13-15H2,1-4H3,(H,25,28). The third kappa shape index (κ3) is 6.08. The summed E-state index contributed by atoms with van der Waals surface area (Å²) in [5.74, 6) is 1.74. The Balaban J connectivity index is 1.64. The highest BCUT2D eigenvalue weighted by atomic mass is 16.5. The fraction of sp³-hybridized carbons (Fsp3) is 0.333. The number of rotatable bonds is 10. The van der Waals surface area contributed by atoms with Gasteiger partial charge in [-0.2, -0.15) is 0 Å². The lowest BCUT2D eigenvalue weighted by Gasteiger charge is -2.26. The van der Waals surface area contributed by atoms with Crippen LogP contribution in [0.5, 0.6) is 11.5 Å². The first-order chi connectivity index (χ1) is 15.0. The number of ether oxygens (including phenoxy) is 2. The predicted molar refractivity (Wildman–Crippen MR) is 118 cm³/mol. The number of amides is 1. The van der Waals surface area contributed by atoms with E-state index < -0.39 is 0 Å². The number of nitrogens with zero attached hydrogens (tertiary/aromatic N) is 2. The fourth-order valence-electron chi connectivity index (χ4n) is 3.15. The van der Waals surface area contributed by atoms with Crippen molar-refractivity contribution in [2.24, 2.45) is 0 Å². The molecule has 1 amide bonds. The van der Waals surface area contributed by atoms with Crippen LogP contribution in [-0.2, 0) is 19.6 Å². The highest BCUT2D eigenvalue weighted by molar-refractivity contribution is 5.91. The second-order valence-corrected chi connectivity index (χ2v) is 7.47. The average molecular weight is 424 g/mol. The molecule has 7 nitrogen and oxygen atoms in total. The van der Waals surface area contributed by atoms with Crippen molar-refractivity contribution in [1.29, 1.82) is 0 Å². The maximum Gasteiger partial charge on any atom is 0.273 e. The predicted octanol–water partition coefficient (Wildman–Crippen LogP) is 4.03. The van der Waals surface area contributed by atoms with E-state index in [1.165, 1.54) is 6.26 Å². The Labute approximate surface area is 183 Å². The minimum Gasteiger partial charge on any atom is -0.497 e. The number of carbonyl (C=O) groups is 1. The SMILES string of the molecule is COc1ccc(CN(Cc2nc(C(=O)NCc3ccccc3)co2)C(C)C)c(OC)c1. The summed E-state index contributed by atoms with van der Waals surface area (Å²) in [6.45, 7) is 5.76. The van der Waals surface area contributed by atoms with Gasteiger partial charge in [0.2, 0.25) is 5.89 Å². The summed E-state index contributed by atoms with van der Waals surface area (Å²) >= 11 is 0. The summed E-state index contributed by atoms with van der Waals surface area (Å²) in [7, 11) is 3.28. The Bertz CT molecular complexity index is 985. The van der Waals surface area contributed by atoms with Gasteiger partial charge in [-0.3, -0.25) is 9.69 Å². The number of methoxy groups -OCH3 is 2. The first kappa shape index (κ1) is 22.4. The molecule has 2 aromatic carbocycles. The normalized spacial score (nSPS) is 11.0. The third-order valence-electron chi connectivity index (χ3n) is 5.02. The van der Waals surface area contributed by atoms with Gasteiger partial charge in [-0.05, 0) is 25.5 Å². The zero-order chi connectivity index (χ0) is 22.2. The van der Waals surface area contributed by atoms with Crippen molar-refractivity contribution in [1.82, 2.24) is 15.2 Å². The quantitative estimate of drug-likeness (QED) is 0.531. The summed E-state index contributed by atoms with van der Waals surface area (Å²) in [5, 5.41) is 2.87. The van der Waals surface area contributed by atoms with Crippen LogP contribution in [0.3, 0.4) is 0 Å². The number of benzene rings is 2. The minimum absolute atomic E-state index is 0.231. The van der Waals surface area contributed by atoms with E-state index in [9.17, 15) is 4.79 Å². The highest BCUT2D eigenvalue weighted by Crippen LogP contribution is 2.26. The Morgan fingerprint density at radius 3 is 2.55 bits per heavy atom. The fourth-order valence-corrected chi connectivity index (χ4v) is 3.15. The van der Waals surface area contributed by atoms with E-state index in [0.717, 1.165) is 22.6 Å². The number of carbonyl (C=O) groups excluding carboxylic acids is 1. The molecule has 0 saturated carbocycles. The van der Waals surface area contributed by atoms with Gasteiger partial charge in [-0.25, -0.2) is 4.98 Å². The molecule has 31 heavy (non-hydrogen) atoms. The van der Waals surface area contributed by atoms with Crippen molar-refractivity contribution in [3.8, 4) is 11.5 Å². The molecule has 1 aromatic heterocycles. The van der Waals surface area contributed by atoms with Crippen molar-refractivity contribution in [2.45, 2.75) is 39.5 Å². The van der Waals surface area contributed by atoms with E-state index in [0.29, 0.717) is 25.5 Å². The molecule has 0 aliphatic carbocycles. The van der Waals surface area contributed by atoms with E-state index >= 15 is 0 Å². The molecule has 0 fully saturated rings. The Kier molecular flexibility index (Phi) is 7.67. The number of aromatic nitrogens is 1. The van der Waals surface area contributed by atoms with Gasteiger partial charge in [-0.15, -0.1) is 0 Å². The molecule has 1 N–H and O–H groups in total. The number of oxazole rings is 1. The molecule has 0 spiro atoms. The van der Waals surface area contributed by atoms with E-state index in [4.69, 9.17) is 13.9 Å². The number of nitrogens with one attached hydrogen (secondary N) is 1. The molecule has 7 heteroatoms. The average Bonchev–Trinajstić information content (AvgIpc) is 3.26. The van der Waals surface area contributed by atoms with Crippen LogP contribution in [0.25, 0.3) is 0 Å². The molecule has 0 aliphatic rings. The topological polar surface area (TPSA) is 76.8 Å². The molecule has 0 atom stereocenters. The summed E-state index contributed by atoms with van der Waals surface area (Å²) in [5.41, 5.74) is 2.33. The molecule has 0 aliphatic heterocycles. The Hall–Kier alpha value is -3.32. The Morgan fingerprint density at radius 2 is 1.87 bits per heavy atom. The summed E-state index contributed by atoms with van der Waals surface area (Å²) < 4.78 is 16.4. The second-order valence-electron chi connectivity index (χ2n) is 7.47. The van der Waals surface area contributed by atoms with Crippen molar-refractivity contribution >= 4 is 5.91 Å². The molecule has 3 aromatic rings. The van der Waals surface area contributed by atoms with Crippen LogP contribution in [0.1, 0.15) is 41.4 Å². The van der Waals surface area contributed by atoms with Crippen molar-refractivity contribution in [3.05, 3.63) is 77.5 Å². The van der Waals surface area contributed by atoms with Crippen molar-refractivity contribution in [2.75, 3.05) is 14.2 Å². The largest absolute Gasteiger partial charge is 0.497 e. The van der Waals surface area contributed by atoms with Crippen molar-refractivity contribution in [3.63, 3.8) is 0 Å². The molecule has 3 rings (SSSR count). The van der Waals surface area contributed by atoms with Gasteiger partial charge >= 0.3 is 0 Å². The molecule has 0 bridgehead atoms. The summed E-state index contributed by atoms with van der Waals surface area (Å²) in [4.78, 5) is 19.0. The summed E-state index contributed by atoms with van der Waals surface area (Å²) in [6.07, 6.45) is 1.40. The van der Waals surface area contributed by atoms with Crippen LogP contribution in [0.4, 0.5) is 0 Å². The van der Waals surface area contributed by atoms with E-state index in [1.54, 1.807) is 14.2 Å². The maximum absolute atomic E-state index is 12.4. The molecular weight excluding hydrogens is 394 g/mol. The van der Waals surface area contributed by atoms with Gasteiger partial charge in [0, 0.05) is 30.8 Å². The van der Waals surface area contributed by atoms with Gasteiger partial charge in [-0.1, -0.05) is 36.4 Å². The zero-order valence-electron chi connectivity index (χ0n) is 18.4. The molecule has 0 radical (unpaired) electrons. The van der Waals surface area contributed by atoms with Gasteiger partial charge in [0.25, 0.3) is 5.91 Å². The van der Waals surface area contributed by atoms with Crippen LogP contribution >= 0.6 is 0 Å². The first-order valence-corrected chi connectivity index (χ1v) is 10.2. The number of hydrogen-bond donors (Lipinski definition) is 1. The lowest BCUT2D eigenvalue weighted by atomic mass is 10.1. The molecule has 1 heterocycles. The number of hydrogen-bond acceptors (Lipinski definition) is 6. The van der Waals surface area contributed by atoms with Crippen LogP contribution in [0.2, 0.25) is 0 Å². The second kappa shape index (κ2) is 10.6. The monoisotopic (exact) mass is 423 g/mol. The summed E-state index contributed by atoms with van der Waals surface area (Å²) in [6, 6.07) is 15.7. The van der Waals surface area contributed by atoms with Crippen molar-refractivity contribution < 1.29 is 18.7 Å². The van der Waals surface area contributed by atoms with Gasteiger partial charge in [0.15, 0.2) is 5.69 Å². The smallest absolute Gasteiger partial charge is 0.273 e. The van der Waals surface area contributed by atoms with Crippen LogP contribution in [0.15, 0.2) is 59.2 Å². The zero-order valence-corrected chi connectivity index (χ0v) is 18.4. The Morgan fingerprint density at radius 1 is 1.10 bits per heavy atom. The van der Waals surface area contributed by atoms with Crippen LogP contribution < -0.4 is 14.8 Å². The molecule has 164 valence electrons. The lowest BCUT2D eigenvalue weighted by Crippen LogP contribution is -2.30. The van der Waals surface area contributed by atoms with E-state index in [1.807, 2.05) is 48.5 Å². The van der Waals surface area contributed by atoms with Crippen LogP contribution in [-0.4, -0.2) is 36.1 Å². The third-order valence-corrected chi connectivity index (χ3v) is 5.02. The molecule has 0 saturated heterocycles. The maximum atomic E-state index is 12.4. The van der Waals surface area contributed by atoms with Crippen LogP contribution in [0, 0.1) is 0 Å². The van der Waals surface area contributed by atoms with Gasteiger partial charge in [0.05, 0.1) is 20.8 Å². The molecule has 0 unspecified atom stereocenters. The highest BCUT2D eigenvalue weighted by Gasteiger charge is 2.18. The van der Waals surface area contributed by atoms with Gasteiger partial charge in [0.1, 0.15) is 17.8 Å². The lowest BCUT2D eigenvalue weighted by molar-refractivity contribution is 0.0945. The molecular formula is C24H29N3O4. The first-order valence-electron chi connectivity index (χ1n) is 10.2.